The number of thiazole rings is 1. The Kier molecular flexibility index (Phi) is 8.83. The van der Waals surface area contributed by atoms with Crippen LogP contribution in [0.1, 0.15) is 90.2 Å². The third kappa shape index (κ3) is 5.18. The number of β-amino-alcohol motifs (C(OH)–C–C–N with tert-alkyl or cyclic N) is 1. The lowest BCUT2D eigenvalue weighted by atomic mass is 9.57. The zero-order valence-electron chi connectivity index (χ0n) is 24.3. The second kappa shape index (κ2) is 12.0. The average Bonchev–Trinajstić information content (AvgIpc) is 3.48. The van der Waals surface area contributed by atoms with Gasteiger partial charge >= 0.3 is 0 Å². The van der Waals surface area contributed by atoms with E-state index in [1.165, 1.54) is 62.1 Å². The minimum absolute atomic E-state index is 0.274. The first-order valence-corrected chi connectivity index (χ1v) is 16.3. The third-order valence-electron chi connectivity index (χ3n) is 10.8. The van der Waals surface area contributed by atoms with Gasteiger partial charge in [0.05, 0.1) is 12.3 Å². The second-order valence-corrected chi connectivity index (χ2v) is 12.9. The van der Waals surface area contributed by atoms with E-state index >= 15 is 0 Å². The molecule has 1 aromatic carbocycles. The predicted octanol–water partition coefficient (Wildman–Crippen LogP) is 6.30. The summed E-state index contributed by atoms with van der Waals surface area (Å²) in [6.07, 6.45) is 9.98. The Balaban J connectivity index is 1.29. The van der Waals surface area contributed by atoms with Gasteiger partial charge in [0.15, 0.2) is 5.13 Å². The zero-order valence-corrected chi connectivity index (χ0v) is 25.2. The molecule has 2 aromatic rings. The van der Waals surface area contributed by atoms with Gasteiger partial charge in [-0.3, -0.25) is 9.80 Å². The molecule has 2 fully saturated rings. The first-order chi connectivity index (χ1) is 18.5. The fourth-order valence-electron chi connectivity index (χ4n) is 7.78. The minimum Gasteiger partial charge on any atom is -0.395 e. The Bertz CT molecular complexity index is 1040. The van der Waals surface area contributed by atoms with E-state index in [1.807, 2.05) is 11.3 Å². The molecule has 210 valence electrons. The molecular weight excluding hydrogens is 488 g/mol. The highest BCUT2D eigenvalue weighted by molar-refractivity contribution is 7.14. The van der Waals surface area contributed by atoms with Crippen LogP contribution in [-0.2, 0) is 10.8 Å². The summed E-state index contributed by atoms with van der Waals surface area (Å²) in [5.41, 5.74) is 6.34. The molecule has 3 aliphatic rings. The first kappa shape index (κ1) is 28.1. The molecule has 1 N–H and O–H groups in total. The van der Waals surface area contributed by atoms with Crippen LogP contribution in [0.2, 0.25) is 0 Å². The SMILES string of the molecule is CCC1(CC)CCC(CC)(CC)c2cc(-c3csc(N4CCC(N5CCN(CCO)CC5)CC4)n3)ccc21. The van der Waals surface area contributed by atoms with E-state index in [-0.39, 0.29) is 6.61 Å². The van der Waals surface area contributed by atoms with Crippen molar-refractivity contribution in [2.45, 2.75) is 95.9 Å². The van der Waals surface area contributed by atoms with E-state index in [0.717, 1.165) is 51.5 Å². The molecule has 1 aromatic heterocycles. The van der Waals surface area contributed by atoms with Gasteiger partial charge in [0, 0.05) is 62.8 Å². The second-order valence-electron chi connectivity index (χ2n) is 12.1. The highest BCUT2D eigenvalue weighted by atomic mass is 32.1. The Hall–Kier alpha value is -1.47. The first-order valence-electron chi connectivity index (χ1n) is 15.4. The van der Waals surface area contributed by atoms with Crippen molar-refractivity contribution in [3.8, 4) is 11.3 Å². The van der Waals surface area contributed by atoms with Gasteiger partial charge in [-0.25, -0.2) is 4.98 Å². The highest BCUT2D eigenvalue weighted by Crippen LogP contribution is 2.53. The van der Waals surface area contributed by atoms with Crippen molar-refractivity contribution in [1.82, 2.24) is 14.8 Å². The molecular formula is C32H50N4OS. The maximum Gasteiger partial charge on any atom is 0.185 e. The zero-order chi connectivity index (χ0) is 26.8. The standard InChI is InChI=1S/C32H50N4OS/c1-5-31(6-2)13-14-32(7-3,8-4)28-23-25(9-10-27(28)31)29-24-38-30(33-29)36-15-11-26(12-16-36)35-19-17-34(18-20-35)21-22-37/h9-10,23-24,26,37H,5-8,11-22H2,1-4H3. The van der Waals surface area contributed by atoms with Crippen molar-refractivity contribution in [2.75, 3.05) is 57.3 Å². The molecule has 0 bridgehead atoms. The molecule has 0 atom stereocenters. The fourth-order valence-corrected chi connectivity index (χ4v) is 8.67. The van der Waals surface area contributed by atoms with Crippen LogP contribution in [0.3, 0.4) is 0 Å². The maximum absolute atomic E-state index is 9.22. The summed E-state index contributed by atoms with van der Waals surface area (Å²) in [5.74, 6) is 0. The summed E-state index contributed by atoms with van der Waals surface area (Å²) in [5, 5.41) is 12.7. The molecule has 2 aliphatic heterocycles. The molecule has 0 spiro atoms. The number of piperidine rings is 1. The van der Waals surface area contributed by atoms with Crippen LogP contribution in [0.15, 0.2) is 23.6 Å². The number of rotatable bonds is 9. The number of fused-ring (bicyclic) bond motifs is 1. The lowest BCUT2D eigenvalue weighted by molar-refractivity contribution is 0.0747. The smallest absolute Gasteiger partial charge is 0.185 e. The Morgan fingerprint density at radius 2 is 1.50 bits per heavy atom. The largest absolute Gasteiger partial charge is 0.395 e. The molecule has 3 heterocycles. The number of hydrogen-bond acceptors (Lipinski definition) is 6. The number of nitrogens with zero attached hydrogens (tertiary/aromatic N) is 4. The molecule has 1 aliphatic carbocycles. The van der Waals surface area contributed by atoms with Gasteiger partial charge in [0.1, 0.15) is 0 Å². The van der Waals surface area contributed by atoms with E-state index in [1.54, 1.807) is 11.1 Å². The Morgan fingerprint density at radius 1 is 0.868 bits per heavy atom. The minimum atomic E-state index is 0.274. The fraction of sp³-hybridized carbons (Fsp3) is 0.719. The van der Waals surface area contributed by atoms with Gasteiger partial charge in [-0.15, -0.1) is 11.3 Å². The van der Waals surface area contributed by atoms with Gasteiger partial charge in [0.2, 0.25) is 0 Å². The van der Waals surface area contributed by atoms with Crippen molar-refractivity contribution in [3.05, 3.63) is 34.7 Å². The molecule has 0 unspecified atom stereocenters. The molecule has 2 saturated heterocycles. The molecule has 38 heavy (non-hydrogen) atoms. The van der Waals surface area contributed by atoms with E-state index in [9.17, 15) is 5.11 Å². The maximum atomic E-state index is 9.22. The highest BCUT2D eigenvalue weighted by Gasteiger charge is 2.43. The quantitative estimate of drug-likeness (QED) is 0.406. The topological polar surface area (TPSA) is 42.8 Å². The van der Waals surface area contributed by atoms with Crippen molar-refractivity contribution in [3.63, 3.8) is 0 Å². The van der Waals surface area contributed by atoms with Crippen LogP contribution < -0.4 is 4.90 Å². The molecule has 0 radical (unpaired) electrons. The van der Waals surface area contributed by atoms with Crippen LogP contribution >= 0.6 is 11.3 Å². The van der Waals surface area contributed by atoms with Crippen LogP contribution in [0.4, 0.5) is 5.13 Å². The van der Waals surface area contributed by atoms with Crippen molar-refractivity contribution < 1.29 is 5.11 Å². The van der Waals surface area contributed by atoms with E-state index in [2.05, 4.69) is 66.0 Å². The Labute approximate surface area is 235 Å². The third-order valence-corrected chi connectivity index (χ3v) is 11.7. The van der Waals surface area contributed by atoms with E-state index in [4.69, 9.17) is 4.98 Å². The number of benzene rings is 1. The van der Waals surface area contributed by atoms with Crippen LogP contribution in [0, 0.1) is 0 Å². The number of aliphatic hydroxyl groups excluding tert-OH is 1. The van der Waals surface area contributed by atoms with Gasteiger partial charge in [-0.1, -0.05) is 39.8 Å². The van der Waals surface area contributed by atoms with Gasteiger partial charge < -0.3 is 10.0 Å². The molecule has 5 rings (SSSR count). The van der Waals surface area contributed by atoms with E-state index in [0.29, 0.717) is 16.9 Å². The predicted molar refractivity (Wildman–Crippen MR) is 162 cm³/mol. The van der Waals surface area contributed by atoms with E-state index < -0.39 is 0 Å². The molecule has 6 heteroatoms. The Morgan fingerprint density at radius 3 is 2.11 bits per heavy atom. The van der Waals surface area contributed by atoms with Crippen LogP contribution in [-0.4, -0.2) is 78.4 Å². The van der Waals surface area contributed by atoms with Crippen molar-refractivity contribution in [2.24, 2.45) is 0 Å². The lowest BCUT2D eigenvalue weighted by Gasteiger charge is -2.48. The van der Waals surface area contributed by atoms with Crippen LogP contribution in [0.5, 0.6) is 0 Å². The summed E-state index contributed by atoms with van der Waals surface area (Å²) in [6.45, 7) is 17.3. The number of piperazine rings is 1. The summed E-state index contributed by atoms with van der Waals surface area (Å²) in [6, 6.07) is 8.06. The van der Waals surface area contributed by atoms with Crippen LogP contribution in [0.25, 0.3) is 11.3 Å². The van der Waals surface area contributed by atoms with Gasteiger partial charge in [0.25, 0.3) is 0 Å². The monoisotopic (exact) mass is 538 g/mol. The average molecular weight is 539 g/mol. The normalized spacial score (nSPS) is 22.5. The van der Waals surface area contributed by atoms with Gasteiger partial charge in [-0.05, 0) is 79.4 Å². The summed E-state index contributed by atoms with van der Waals surface area (Å²) >= 11 is 1.82. The summed E-state index contributed by atoms with van der Waals surface area (Å²) in [7, 11) is 0. The molecule has 5 nitrogen and oxygen atoms in total. The molecule has 0 saturated carbocycles. The summed E-state index contributed by atoms with van der Waals surface area (Å²) < 4.78 is 0. The number of anilines is 1. The molecule has 0 amide bonds. The lowest BCUT2D eigenvalue weighted by Crippen LogP contribution is -2.53. The number of hydrogen-bond donors (Lipinski definition) is 1. The van der Waals surface area contributed by atoms with Crippen molar-refractivity contribution in [1.29, 1.82) is 0 Å². The number of aliphatic hydroxyl groups is 1. The number of aromatic nitrogens is 1. The summed E-state index contributed by atoms with van der Waals surface area (Å²) in [4.78, 5) is 12.8. The van der Waals surface area contributed by atoms with Crippen molar-refractivity contribution >= 4 is 16.5 Å². The van der Waals surface area contributed by atoms with Gasteiger partial charge in [-0.2, -0.15) is 0 Å².